The van der Waals surface area contributed by atoms with Crippen molar-refractivity contribution in [3.8, 4) is 0 Å². The third kappa shape index (κ3) is 2.29. The number of carboxylic acid groups (broad SMARTS) is 1. The summed E-state index contributed by atoms with van der Waals surface area (Å²) in [6.07, 6.45) is 0. The van der Waals surface area contributed by atoms with E-state index in [-0.39, 0.29) is 11.5 Å². The van der Waals surface area contributed by atoms with E-state index < -0.39 is 5.97 Å². The van der Waals surface area contributed by atoms with Crippen LogP contribution in [0.15, 0.2) is 24.3 Å². The van der Waals surface area contributed by atoms with E-state index in [0.29, 0.717) is 22.3 Å². The standard InChI is InChI=1S/C13H12N2O3/c1-7-5-11(13(17)18)10-6-9(15-8(2)16)3-4-12(10)14-7/h3-6H,1-2H3,(H,15,16)(H,17,18). The van der Waals surface area contributed by atoms with Gasteiger partial charge in [0.05, 0.1) is 11.1 Å². The number of carbonyl (C=O) groups is 2. The van der Waals surface area contributed by atoms with Crippen molar-refractivity contribution in [3.05, 3.63) is 35.5 Å². The van der Waals surface area contributed by atoms with Gasteiger partial charge in [-0.15, -0.1) is 0 Å². The zero-order chi connectivity index (χ0) is 13.3. The highest BCUT2D eigenvalue weighted by Crippen LogP contribution is 2.22. The maximum absolute atomic E-state index is 11.2. The number of carboxylic acids is 1. The van der Waals surface area contributed by atoms with Gasteiger partial charge < -0.3 is 10.4 Å². The Kier molecular flexibility index (Phi) is 2.97. The largest absolute Gasteiger partial charge is 0.478 e. The van der Waals surface area contributed by atoms with Crippen LogP contribution < -0.4 is 5.32 Å². The molecule has 0 aliphatic heterocycles. The van der Waals surface area contributed by atoms with Gasteiger partial charge in [0.15, 0.2) is 0 Å². The first-order valence-corrected chi connectivity index (χ1v) is 5.39. The molecule has 0 atom stereocenters. The van der Waals surface area contributed by atoms with Gasteiger partial charge in [-0.3, -0.25) is 9.78 Å². The Morgan fingerprint density at radius 3 is 2.61 bits per heavy atom. The average Bonchev–Trinajstić information content (AvgIpc) is 2.27. The third-order valence-corrected chi connectivity index (χ3v) is 2.49. The van der Waals surface area contributed by atoms with Crippen LogP contribution in [0, 0.1) is 6.92 Å². The van der Waals surface area contributed by atoms with Gasteiger partial charge in [0.1, 0.15) is 0 Å². The van der Waals surface area contributed by atoms with Crippen molar-refractivity contribution >= 4 is 28.5 Å². The van der Waals surface area contributed by atoms with Crippen molar-refractivity contribution in [1.82, 2.24) is 4.98 Å². The van der Waals surface area contributed by atoms with Gasteiger partial charge >= 0.3 is 5.97 Å². The topological polar surface area (TPSA) is 79.3 Å². The number of carbonyl (C=O) groups excluding carboxylic acids is 1. The Morgan fingerprint density at radius 2 is 2.00 bits per heavy atom. The molecule has 0 spiro atoms. The summed E-state index contributed by atoms with van der Waals surface area (Å²) in [5.41, 5.74) is 1.99. The number of pyridine rings is 1. The lowest BCUT2D eigenvalue weighted by molar-refractivity contribution is -0.114. The van der Waals surface area contributed by atoms with Crippen LogP contribution in [-0.4, -0.2) is 22.0 Å². The van der Waals surface area contributed by atoms with Gasteiger partial charge in [0.25, 0.3) is 0 Å². The normalized spacial score (nSPS) is 10.3. The number of amides is 1. The molecule has 0 unspecified atom stereocenters. The molecule has 92 valence electrons. The Bertz CT molecular complexity index is 650. The van der Waals surface area contributed by atoms with Gasteiger partial charge in [-0.05, 0) is 31.2 Å². The molecule has 1 amide bonds. The van der Waals surface area contributed by atoms with E-state index in [1.54, 1.807) is 25.1 Å². The first-order valence-electron chi connectivity index (χ1n) is 5.39. The zero-order valence-corrected chi connectivity index (χ0v) is 10.0. The molecule has 2 aromatic rings. The maximum Gasteiger partial charge on any atom is 0.336 e. The molecule has 2 rings (SSSR count). The lowest BCUT2D eigenvalue weighted by Gasteiger charge is -2.07. The van der Waals surface area contributed by atoms with E-state index in [2.05, 4.69) is 10.3 Å². The summed E-state index contributed by atoms with van der Waals surface area (Å²) >= 11 is 0. The van der Waals surface area contributed by atoms with E-state index in [1.165, 1.54) is 13.0 Å². The monoisotopic (exact) mass is 244 g/mol. The fourth-order valence-electron chi connectivity index (χ4n) is 1.82. The quantitative estimate of drug-likeness (QED) is 0.848. The second-order valence-electron chi connectivity index (χ2n) is 4.03. The Morgan fingerprint density at radius 1 is 1.28 bits per heavy atom. The molecule has 0 saturated heterocycles. The van der Waals surface area contributed by atoms with Gasteiger partial charge in [-0.1, -0.05) is 0 Å². The van der Waals surface area contributed by atoms with Crippen molar-refractivity contribution < 1.29 is 14.7 Å². The van der Waals surface area contributed by atoms with E-state index >= 15 is 0 Å². The van der Waals surface area contributed by atoms with Gasteiger partial charge in [0.2, 0.25) is 5.91 Å². The molecule has 0 aliphatic carbocycles. The lowest BCUT2D eigenvalue weighted by Crippen LogP contribution is -2.06. The third-order valence-electron chi connectivity index (χ3n) is 2.49. The Balaban J connectivity index is 2.66. The molecule has 0 radical (unpaired) electrons. The van der Waals surface area contributed by atoms with E-state index in [9.17, 15) is 9.59 Å². The van der Waals surface area contributed by atoms with Crippen LogP contribution in [0.4, 0.5) is 5.69 Å². The summed E-state index contributed by atoms with van der Waals surface area (Å²) in [6, 6.07) is 6.52. The van der Waals surface area contributed by atoms with E-state index in [1.807, 2.05) is 0 Å². The number of anilines is 1. The van der Waals surface area contributed by atoms with Crippen LogP contribution in [-0.2, 0) is 4.79 Å². The highest BCUT2D eigenvalue weighted by atomic mass is 16.4. The van der Waals surface area contributed by atoms with Crippen LogP contribution in [0.5, 0.6) is 0 Å². The number of nitrogens with one attached hydrogen (secondary N) is 1. The second-order valence-corrected chi connectivity index (χ2v) is 4.03. The van der Waals surface area contributed by atoms with Crippen molar-refractivity contribution in [2.45, 2.75) is 13.8 Å². The number of fused-ring (bicyclic) bond motifs is 1. The molecule has 5 nitrogen and oxygen atoms in total. The molecule has 0 bridgehead atoms. The van der Waals surface area contributed by atoms with Crippen LogP contribution >= 0.6 is 0 Å². The van der Waals surface area contributed by atoms with Crippen molar-refractivity contribution in [2.75, 3.05) is 5.32 Å². The molecule has 0 saturated carbocycles. The number of aromatic carboxylic acids is 1. The average molecular weight is 244 g/mol. The van der Waals surface area contributed by atoms with Crippen LogP contribution in [0.25, 0.3) is 10.9 Å². The van der Waals surface area contributed by atoms with Gasteiger partial charge in [0, 0.05) is 23.7 Å². The predicted octanol–water partition coefficient (Wildman–Crippen LogP) is 2.20. The summed E-state index contributed by atoms with van der Waals surface area (Å²) in [7, 11) is 0. The van der Waals surface area contributed by atoms with Crippen molar-refractivity contribution in [2.24, 2.45) is 0 Å². The number of aryl methyl sites for hydroxylation is 1. The van der Waals surface area contributed by atoms with E-state index in [0.717, 1.165) is 0 Å². The molecule has 1 aromatic heterocycles. The fourth-order valence-corrected chi connectivity index (χ4v) is 1.82. The first-order chi connectivity index (χ1) is 8.47. The molecular weight excluding hydrogens is 232 g/mol. The number of rotatable bonds is 2. The molecule has 5 heteroatoms. The molecular formula is C13H12N2O3. The van der Waals surface area contributed by atoms with Gasteiger partial charge in [-0.25, -0.2) is 4.79 Å². The minimum Gasteiger partial charge on any atom is -0.478 e. The second kappa shape index (κ2) is 4.44. The lowest BCUT2D eigenvalue weighted by atomic mass is 10.1. The predicted molar refractivity (Wildman–Crippen MR) is 67.7 cm³/mol. The minimum atomic E-state index is -1.01. The summed E-state index contributed by atoms with van der Waals surface area (Å²) in [5.74, 6) is -1.21. The molecule has 0 fully saturated rings. The fraction of sp³-hybridized carbons (Fsp3) is 0.154. The summed E-state index contributed by atoms with van der Waals surface area (Å²) in [4.78, 5) is 26.4. The van der Waals surface area contributed by atoms with Crippen LogP contribution in [0.1, 0.15) is 23.0 Å². The highest BCUT2D eigenvalue weighted by Gasteiger charge is 2.11. The zero-order valence-electron chi connectivity index (χ0n) is 10.0. The number of benzene rings is 1. The molecule has 18 heavy (non-hydrogen) atoms. The van der Waals surface area contributed by atoms with Crippen molar-refractivity contribution in [3.63, 3.8) is 0 Å². The summed E-state index contributed by atoms with van der Waals surface area (Å²) in [5, 5.41) is 12.3. The number of hydrogen-bond donors (Lipinski definition) is 2. The summed E-state index contributed by atoms with van der Waals surface area (Å²) < 4.78 is 0. The highest BCUT2D eigenvalue weighted by molar-refractivity contribution is 6.04. The molecule has 1 aromatic carbocycles. The maximum atomic E-state index is 11.2. The van der Waals surface area contributed by atoms with Crippen molar-refractivity contribution in [1.29, 1.82) is 0 Å². The van der Waals surface area contributed by atoms with Crippen LogP contribution in [0.2, 0.25) is 0 Å². The number of nitrogens with zero attached hydrogens (tertiary/aromatic N) is 1. The van der Waals surface area contributed by atoms with Crippen LogP contribution in [0.3, 0.4) is 0 Å². The smallest absolute Gasteiger partial charge is 0.336 e. The van der Waals surface area contributed by atoms with E-state index in [4.69, 9.17) is 5.11 Å². The Hall–Kier alpha value is -2.43. The summed E-state index contributed by atoms with van der Waals surface area (Å²) in [6.45, 7) is 3.14. The SMILES string of the molecule is CC(=O)Nc1ccc2nc(C)cc(C(=O)O)c2c1. The molecule has 2 N–H and O–H groups in total. The molecule has 1 heterocycles. The first kappa shape index (κ1) is 12.0. The molecule has 0 aliphatic rings. The van der Waals surface area contributed by atoms with Gasteiger partial charge in [-0.2, -0.15) is 0 Å². The Labute approximate surface area is 103 Å². The number of aromatic nitrogens is 1. The minimum absolute atomic E-state index is 0.185. The number of hydrogen-bond acceptors (Lipinski definition) is 3.